The summed E-state index contributed by atoms with van der Waals surface area (Å²) in [5.41, 5.74) is 0. The molecule has 0 aromatic carbocycles. The highest BCUT2D eigenvalue weighted by Gasteiger charge is 2.61. The topological polar surface area (TPSA) is 354 Å². The molecular weight excluding hydrogens is 1120 g/mol. The molecular formula is C46H62BrFO29. The number of carbonyl (C=O) groups is 11. The van der Waals surface area contributed by atoms with Crippen LogP contribution in [0, 0.1) is 0 Å². The first kappa shape index (κ1) is 63.8. The van der Waals surface area contributed by atoms with Gasteiger partial charge in [0.05, 0.1) is 6.10 Å². The lowest BCUT2D eigenvalue weighted by molar-refractivity contribution is -0.383. The Balaban J connectivity index is 1.89. The summed E-state index contributed by atoms with van der Waals surface area (Å²) in [6.07, 6.45) is -36.2. The molecule has 4 heterocycles. The largest absolute Gasteiger partial charge is 0.463 e. The van der Waals surface area contributed by atoms with Crippen molar-refractivity contribution in [2.45, 2.75) is 206 Å². The van der Waals surface area contributed by atoms with Crippen molar-refractivity contribution in [2.24, 2.45) is 0 Å². The summed E-state index contributed by atoms with van der Waals surface area (Å²) >= 11 is 3.32. The third-order valence-corrected chi connectivity index (χ3v) is 11.8. The highest BCUT2D eigenvalue weighted by Crippen LogP contribution is 2.40. The number of esters is 11. The SMILES string of the molecule is CC(=O)OC[C@H]1O[C@@H](O[C@H]2[C@H](OC(C)=O)[C@@H](OC(C)=O)[C@H](O[C@H]3[C@H](OC(C)=O)[C@@H](OC(C)=O)[C@H](O[C@H]4[C@H](OC(C)=O)[C@@H](OC(C)=O)[C@@H](F)O[C@@H]4C)O[C@@H]3CBr)O[C@@H]2COC(C)=O)[C@H](OC(C)=O)[C@@H](OC(C)=O)[C@H]1OC(C)=O. The van der Waals surface area contributed by atoms with E-state index >= 15 is 4.39 Å². The minimum Gasteiger partial charge on any atom is -0.463 e. The van der Waals surface area contributed by atoms with Gasteiger partial charge in [0.15, 0.2) is 73.8 Å². The van der Waals surface area contributed by atoms with Crippen LogP contribution in [0.15, 0.2) is 0 Å². The second-order valence-electron chi connectivity index (χ2n) is 17.5. The Kier molecular flexibility index (Phi) is 23.9. The normalized spacial score (nSPS) is 34.8. The van der Waals surface area contributed by atoms with Gasteiger partial charge in [-0.15, -0.1) is 0 Å². The molecule has 29 nitrogen and oxygen atoms in total. The van der Waals surface area contributed by atoms with Crippen LogP contribution in [-0.2, 0) is 138 Å². The standard InChI is InChI=1S/C46H62BrFO29/c1-16-31(35(64-20(5)52)39(43(48)62-16)68-24(9)56)75-44-40(69-25(10)57)36(65-21(6)53)32(28(13-47)72-44)76-45-42(71-27(12)59)38(67-23(8)55)34(30(74-45)15-61-18(3)50)77-46-41(70-26(11)58)37(66-22(7)54)33(63-19(4)51)29(73-46)14-60-17(2)49/h16,28-46H,13-15H2,1-12H3/t16-,28-,29-,30-,31-,32-,33+,34-,35+,36+,37+,38+,39-,40-,41-,42-,43+,44+,45+,46+/m1/s1. The average molecular weight is 1180 g/mol. The van der Waals surface area contributed by atoms with E-state index in [-0.39, 0.29) is 5.33 Å². The van der Waals surface area contributed by atoms with Crippen LogP contribution in [0.4, 0.5) is 4.39 Å². The van der Waals surface area contributed by atoms with Crippen LogP contribution in [0.5, 0.6) is 0 Å². The van der Waals surface area contributed by atoms with Gasteiger partial charge in [0.2, 0.25) is 6.36 Å². The van der Waals surface area contributed by atoms with E-state index in [1.165, 1.54) is 6.92 Å². The van der Waals surface area contributed by atoms with Crippen LogP contribution < -0.4 is 0 Å². The van der Waals surface area contributed by atoms with E-state index in [0.29, 0.717) is 0 Å². The molecule has 0 radical (unpaired) electrons. The summed E-state index contributed by atoms with van der Waals surface area (Å²) in [6, 6.07) is 0. The predicted molar refractivity (Wildman–Crippen MR) is 243 cm³/mol. The highest BCUT2D eigenvalue weighted by molar-refractivity contribution is 9.09. The van der Waals surface area contributed by atoms with Crippen molar-refractivity contribution >= 4 is 81.6 Å². The van der Waals surface area contributed by atoms with E-state index in [1.54, 1.807) is 0 Å². The Labute approximate surface area is 447 Å². The monoisotopic (exact) mass is 1180 g/mol. The summed E-state index contributed by atoms with van der Waals surface area (Å²) in [5, 5.41) is -0.279. The Hall–Kier alpha value is -5.70. The third-order valence-electron chi connectivity index (χ3n) is 11.1. The summed E-state index contributed by atoms with van der Waals surface area (Å²) < 4.78 is 119. The summed E-state index contributed by atoms with van der Waals surface area (Å²) in [7, 11) is 0. The molecule has 0 aromatic heterocycles. The van der Waals surface area contributed by atoms with Crippen molar-refractivity contribution in [1.29, 1.82) is 0 Å². The van der Waals surface area contributed by atoms with E-state index in [2.05, 4.69) is 15.9 Å². The number of ether oxygens (including phenoxy) is 18. The summed E-state index contributed by atoms with van der Waals surface area (Å²) in [5.74, 6) is -10.9. The van der Waals surface area contributed by atoms with Crippen molar-refractivity contribution in [1.82, 2.24) is 0 Å². The number of hydrogen-bond donors (Lipinski definition) is 0. The fourth-order valence-corrected chi connectivity index (χ4v) is 9.12. The van der Waals surface area contributed by atoms with Gasteiger partial charge in [0, 0.05) is 81.5 Å². The average Bonchev–Trinajstić information content (AvgIpc) is 3.29. The molecule has 4 saturated heterocycles. The molecule has 0 unspecified atom stereocenters. The molecule has 4 aliphatic heterocycles. The highest BCUT2D eigenvalue weighted by atomic mass is 79.9. The van der Waals surface area contributed by atoms with Gasteiger partial charge < -0.3 is 85.3 Å². The number of alkyl halides is 2. The van der Waals surface area contributed by atoms with Crippen molar-refractivity contribution in [3.8, 4) is 0 Å². The fourth-order valence-electron chi connectivity index (χ4n) is 8.60. The van der Waals surface area contributed by atoms with Gasteiger partial charge in [-0.25, -0.2) is 4.39 Å². The Morgan fingerprint density at radius 3 is 0.935 bits per heavy atom. The van der Waals surface area contributed by atoms with Gasteiger partial charge in [-0.05, 0) is 6.92 Å². The number of rotatable bonds is 20. The first-order chi connectivity index (χ1) is 36.0. The predicted octanol–water partition coefficient (Wildman–Crippen LogP) is -0.0626. The number of halogens is 2. The van der Waals surface area contributed by atoms with Gasteiger partial charge >= 0.3 is 65.7 Å². The zero-order valence-corrected chi connectivity index (χ0v) is 45.3. The Bertz CT molecular complexity index is 2160. The molecule has 0 aliphatic carbocycles. The van der Waals surface area contributed by atoms with Crippen LogP contribution in [0.25, 0.3) is 0 Å². The lowest BCUT2D eigenvalue weighted by atomic mass is 9.95. The molecule has 0 saturated carbocycles. The van der Waals surface area contributed by atoms with Gasteiger partial charge in [-0.1, -0.05) is 15.9 Å². The second-order valence-corrected chi connectivity index (χ2v) is 18.2. The minimum absolute atomic E-state index is 0.279. The van der Waals surface area contributed by atoms with Crippen LogP contribution in [-0.4, -0.2) is 207 Å². The van der Waals surface area contributed by atoms with E-state index < -0.39 is 202 Å². The Morgan fingerprint density at radius 2 is 0.597 bits per heavy atom. The zero-order valence-electron chi connectivity index (χ0n) is 43.8. The molecule has 4 rings (SSSR count). The van der Waals surface area contributed by atoms with Crippen molar-refractivity contribution < 1.29 is 142 Å². The van der Waals surface area contributed by atoms with Crippen molar-refractivity contribution in [3.05, 3.63) is 0 Å². The Morgan fingerprint density at radius 1 is 0.338 bits per heavy atom. The molecule has 0 aromatic rings. The molecule has 0 N–H and O–H groups in total. The third kappa shape index (κ3) is 18.2. The van der Waals surface area contributed by atoms with Crippen molar-refractivity contribution in [2.75, 3.05) is 18.5 Å². The molecule has 77 heavy (non-hydrogen) atoms. The first-order valence-electron chi connectivity index (χ1n) is 23.6. The quantitative estimate of drug-likeness (QED) is 0.0875. The smallest absolute Gasteiger partial charge is 0.303 e. The van der Waals surface area contributed by atoms with Crippen LogP contribution in [0.3, 0.4) is 0 Å². The lowest BCUT2D eigenvalue weighted by Gasteiger charge is -2.51. The lowest BCUT2D eigenvalue weighted by Crippen LogP contribution is -2.69. The maximum absolute atomic E-state index is 15.4. The molecule has 31 heteroatoms. The van der Waals surface area contributed by atoms with Gasteiger partial charge in [0.25, 0.3) is 0 Å². The molecule has 4 aliphatic rings. The van der Waals surface area contributed by atoms with Crippen LogP contribution >= 0.6 is 15.9 Å². The second kappa shape index (κ2) is 28.8. The number of carbonyl (C=O) groups excluding carboxylic acids is 11. The van der Waals surface area contributed by atoms with Gasteiger partial charge in [-0.3, -0.25) is 52.7 Å². The molecule has 434 valence electrons. The maximum atomic E-state index is 15.4. The van der Waals surface area contributed by atoms with Crippen LogP contribution in [0.2, 0.25) is 0 Å². The molecule has 0 bridgehead atoms. The van der Waals surface area contributed by atoms with E-state index in [4.69, 9.17) is 85.3 Å². The van der Waals surface area contributed by atoms with E-state index in [9.17, 15) is 52.7 Å². The molecule has 4 fully saturated rings. The molecule has 0 spiro atoms. The van der Waals surface area contributed by atoms with E-state index in [1.807, 2.05) is 0 Å². The van der Waals surface area contributed by atoms with E-state index in [0.717, 1.165) is 76.2 Å². The summed E-state index contributed by atoms with van der Waals surface area (Å²) in [4.78, 5) is 139. The van der Waals surface area contributed by atoms with Crippen LogP contribution in [0.1, 0.15) is 83.1 Å². The molecule has 20 atom stereocenters. The zero-order chi connectivity index (χ0) is 57.7. The first-order valence-corrected chi connectivity index (χ1v) is 24.7. The van der Waals surface area contributed by atoms with Crippen molar-refractivity contribution in [3.63, 3.8) is 0 Å². The summed E-state index contributed by atoms with van der Waals surface area (Å²) in [6.45, 7) is 10.5. The maximum Gasteiger partial charge on any atom is 0.303 e. The number of hydrogen-bond acceptors (Lipinski definition) is 29. The van der Waals surface area contributed by atoms with Gasteiger partial charge in [0.1, 0.15) is 49.8 Å². The fraction of sp³-hybridized carbons (Fsp3) is 0.761. The minimum atomic E-state index is -2.34. The van der Waals surface area contributed by atoms with Gasteiger partial charge in [-0.2, -0.15) is 0 Å². The molecule has 0 amide bonds.